The number of rotatable bonds is 6. The molecule has 1 aliphatic rings. The Balaban J connectivity index is 1.02. The third-order valence-electron chi connectivity index (χ3n) is 11.7. The molecule has 0 aliphatic carbocycles. The molecule has 0 amide bonds. The van der Waals surface area contributed by atoms with Gasteiger partial charge in [0.05, 0.1) is 0 Å². The van der Waals surface area contributed by atoms with Crippen molar-refractivity contribution in [2.75, 3.05) is 6.66 Å². The second-order valence-corrected chi connectivity index (χ2v) is 18.0. The first-order chi connectivity index (χ1) is 29.0. The van der Waals surface area contributed by atoms with Crippen LogP contribution in [-0.2, 0) is 4.57 Å². The van der Waals surface area contributed by atoms with E-state index >= 15 is 0 Å². The Morgan fingerprint density at radius 2 is 0.678 bits per heavy atom. The highest BCUT2D eigenvalue weighted by molar-refractivity contribution is 7.79. The summed E-state index contributed by atoms with van der Waals surface area (Å²) < 4.78 is 14.4. The van der Waals surface area contributed by atoms with Crippen molar-refractivity contribution in [3.63, 3.8) is 0 Å². The van der Waals surface area contributed by atoms with E-state index in [4.69, 9.17) is 15.0 Å². The van der Waals surface area contributed by atoms with Gasteiger partial charge in [0.15, 0.2) is 17.5 Å². The van der Waals surface area contributed by atoms with Gasteiger partial charge in [-0.15, -0.1) is 0 Å². The summed E-state index contributed by atoms with van der Waals surface area (Å²) in [5.41, 5.74) is 11.7. The van der Waals surface area contributed by atoms with Gasteiger partial charge in [-0.3, -0.25) is 0 Å². The summed E-state index contributed by atoms with van der Waals surface area (Å²) in [5, 5.41) is 6.50. The lowest BCUT2D eigenvalue weighted by Gasteiger charge is -2.19. The SMILES string of the molecule is CP1(=O)c2ccccc2-c2ccc(-c3c4ccccc4c(-c4ccc(-c5nc(-c6ccccc6)nc(-c6ccc(-c7ccccc7)cc6)n5)cc4)c4ccccc34)cc21. The first-order valence-corrected chi connectivity index (χ1v) is 22.0. The van der Waals surface area contributed by atoms with Crippen molar-refractivity contribution >= 4 is 39.3 Å². The van der Waals surface area contributed by atoms with E-state index in [9.17, 15) is 4.57 Å². The Bertz CT molecular complexity index is 3230. The normalized spacial score (nSPS) is 14.3. The number of hydrogen-bond acceptors (Lipinski definition) is 4. The van der Waals surface area contributed by atoms with Crippen LogP contribution in [0.25, 0.3) is 100 Å². The van der Waals surface area contributed by atoms with Crippen molar-refractivity contribution in [2.24, 2.45) is 0 Å². The average molecular weight is 774 g/mol. The average Bonchev–Trinajstić information content (AvgIpc) is 3.53. The molecule has 59 heavy (non-hydrogen) atoms. The Labute approximate surface area is 343 Å². The van der Waals surface area contributed by atoms with Crippen molar-refractivity contribution in [3.05, 3.63) is 200 Å². The molecule has 1 atom stereocenters. The van der Waals surface area contributed by atoms with Gasteiger partial charge in [-0.2, -0.15) is 0 Å². The smallest absolute Gasteiger partial charge is 0.164 e. The lowest BCUT2D eigenvalue weighted by molar-refractivity contribution is 0.591. The van der Waals surface area contributed by atoms with Gasteiger partial charge in [-0.25, -0.2) is 15.0 Å². The molecule has 0 N–H and O–H groups in total. The zero-order valence-corrected chi connectivity index (χ0v) is 33.1. The second-order valence-electron chi connectivity index (χ2n) is 15.2. The van der Waals surface area contributed by atoms with E-state index in [2.05, 4.69) is 146 Å². The molecule has 2 heterocycles. The van der Waals surface area contributed by atoms with Crippen molar-refractivity contribution < 1.29 is 4.57 Å². The molecule has 9 aromatic carbocycles. The fourth-order valence-corrected chi connectivity index (χ4v) is 11.1. The standard InChI is InChI=1S/C54H36N3OP/c1-59(58)48-23-13-12-18-42(48)43-33-32-41(34-49(43)59)51-46-21-10-8-19-44(46)50(45-20-9-11-22-47(45)51)37-26-30-40(31-27-37)54-56-52(38-16-6-3-7-17-38)55-53(57-54)39-28-24-36(25-29-39)35-14-4-2-5-15-35/h2-34H,1H3. The molecule has 1 aromatic heterocycles. The van der Waals surface area contributed by atoms with E-state index in [0.29, 0.717) is 17.5 Å². The van der Waals surface area contributed by atoms with Crippen molar-refractivity contribution in [1.29, 1.82) is 0 Å². The highest BCUT2D eigenvalue weighted by Gasteiger charge is 2.34. The third kappa shape index (κ3) is 5.92. The summed E-state index contributed by atoms with van der Waals surface area (Å²) >= 11 is 0. The molecule has 0 radical (unpaired) electrons. The summed E-state index contributed by atoms with van der Waals surface area (Å²) in [6.07, 6.45) is 0. The first-order valence-electron chi connectivity index (χ1n) is 19.9. The first kappa shape index (κ1) is 34.9. The summed E-state index contributed by atoms with van der Waals surface area (Å²) in [5.74, 6) is 1.87. The van der Waals surface area contributed by atoms with Gasteiger partial charge in [0, 0.05) is 27.3 Å². The minimum Gasteiger partial charge on any atom is -0.314 e. The van der Waals surface area contributed by atoms with Gasteiger partial charge >= 0.3 is 0 Å². The summed E-state index contributed by atoms with van der Waals surface area (Å²) in [6, 6.07) is 69.5. The molecule has 0 bridgehead atoms. The maximum Gasteiger partial charge on any atom is 0.164 e. The van der Waals surface area contributed by atoms with E-state index in [0.717, 1.165) is 82.2 Å². The van der Waals surface area contributed by atoms with Crippen molar-refractivity contribution in [2.45, 2.75) is 0 Å². The maximum absolute atomic E-state index is 14.4. The van der Waals surface area contributed by atoms with E-state index in [1.807, 2.05) is 61.3 Å². The number of benzene rings is 9. The predicted molar refractivity (Wildman–Crippen MR) is 246 cm³/mol. The number of aromatic nitrogens is 3. The minimum atomic E-state index is -2.75. The van der Waals surface area contributed by atoms with E-state index < -0.39 is 7.14 Å². The van der Waals surface area contributed by atoms with E-state index in [1.54, 1.807) is 0 Å². The Kier molecular flexibility index (Phi) is 8.28. The summed E-state index contributed by atoms with van der Waals surface area (Å²) in [6.45, 7) is 1.91. The van der Waals surface area contributed by atoms with Crippen LogP contribution in [0.3, 0.4) is 0 Å². The minimum absolute atomic E-state index is 0.615. The highest BCUT2D eigenvalue weighted by Crippen LogP contribution is 2.51. The quantitative estimate of drug-likeness (QED) is 0.125. The summed E-state index contributed by atoms with van der Waals surface area (Å²) in [4.78, 5) is 15.0. The molecule has 5 heteroatoms. The molecule has 278 valence electrons. The fraction of sp³-hybridized carbons (Fsp3) is 0.0185. The molecular weight excluding hydrogens is 738 g/mol. The molecule has 4 nitrogen and oxygen atoms in total. The third-order valence-corrected chi connectivity index (χ3v) is 14.3. The summed E-state index contributed by atoms with van der Waals surface area (Å²) in [7, 11) is -2.75. The second kappa shape index (κ2) is 14.0. The Hall–Kier alpha value is -7.26. The molecule has 0 saturated heterocycles. The molecule has 11 rings (SSSR count). The molecule has 0 fully saturated rings. The van der Waals surface area contributed by atoms with Gasteiger partial charge < -0.3 is 4.57 Å². The molecule has 0 saturated carbocycles. The Morgan fingerprint density at radius 1 is 0.322 bits per heavy atom. The van der Waals surface area contributed by atoms with Crippen molar-refractivity contribution in [1.82, 2.24) is 15.0 Å². The number of fused-ring (bicyclic) bond motifs is 5. The molecule has 0 spiro atoms. The zero-order valence-electron chi connectivity index (χ0n) is 32.2. The largest absolute Gasteiger partial charge is 0.314 e. The maximum atomic E-state index is 14.4. The number of hydrogen-bond donors (Lipinski definition) is 0. The topological polar surface area (TPSA) is 55.7 Å². The molecule has 1 unspecified atom stereocenters. The number of nitrogens with zero attached hydrogens (tertiary/aromatic N) is 3. The van der Waals surface area contributed by atoms with Crippen LogP contribution < -0.4 is 10.6 Å². The Morgan fingerprint density at radius 3 is 1.22 bits per heavy atom. The zero-order chi connectivity index (χ0) is 39.5. The fourth-order valence-electron chi connectivity index (χ4n) is 8.80. The molecule has 1 aliphatic heterocycles. The van der Waals surface area contributed by atoms with Crippen LogP contribution in [0.2, 0.25) is 0 Å². The van der Waals surface area contributed by atoms with Gasteiger partial charge in [-0.1, -0.05) is 194 Å². The van der Waals surface area contributed by atoms with Gasteiger partial charge in [-0.05, 0) is 78.8 Å². The highest BCUT2D eigenvalue weighted by atomic mass is 31.2. The van der Waals surface area contributed by atoms with Crippen LogP contribution in [0.5, 0.6) is 0 Å². The van der Waals surface area contributed by atoms with Crippen LogP contribution in [0, 0.1) is 0 Å². The predicted octanol–water partition coefficient (Wildman–Crippen LogP) is 13.1. The van der Waals surface area contributed by atoms with E-state index in [1.165, 1.54) is 11.1 Å². The lowest BCUT2D eigenvalue weighted by atomic mass is 9.85. The van der Waals surface area contributed by atoms with Crippen LogP contribution >= 0.6 is 7.14 Å². The monoisotopic (exact) mass is 773 g/mol. The molecular formula is C54H36N3OP. The van der Waals surface area contributed by atoms with Crippen LogP contribution in [0.4, 0.5) is 0 Å². The van der Waals surface area contributed by atoms with Crippen molar-refractivity contribution in [3.8, 4) is 78.7 Å². The van der Waals surface area contributed by atoms with Gasteiger partial charge in [0.2, 0.25) is 0 Å². The lowest BCUT2D eigenvalue weighted by Crippen LogP contribution is -2.08. The van der Waals surface area contributed by atoms with Crippen LogP contribution in [0.1, 0.15) is 0 Å². The van der Waals surface area contributed by atoms with Crippen LogP contribution in [-0.4, -0.2) is 21.6 Å². The van der Waals surface area contributed by atoms with E-state index in [-0.39, 0.29) is 0 Å². The molecule has 10 aromatic rings. The van der Waals surface area contributed by atoms with Gasteiger partial charge in [0.25, 0.3) is 0 Å². The van der Waals surface area contributed by atoms with Gasteiger partial charge in [0.1, 0.15) is 7.14 Å². The van der Waals surface area contributed by atoms with Crippen LogP contribution in [0.15, 0.2) is 200 Å².